The first-order chi connectivity index (χ1) is 8.15. The average molecular weight is 309 g/mol. The van der Waals surface area contributed by atoms with Crippen LogP contribution in [0.5, 0.6) is 0 Å². The van der Waals surface area contributed by atoms with Gasteiger partial charge in [0.2, 0.25) is 5.89 Å². The highest BCUT2D eigenvalue weighted by atomic mass is 79.9. The predicted molar refractivity (Wildman–Crippen MR) is 74.2 cm³/mol. The van der Waals surface area contributed by atoms with Gasteiger partial charge in [-0.1, -0.05) is 6.07 Å². The molecule has 3 nitrogen and oxygen atoms in total. The van der Waals surface area contributed by atoms with Gasteiger partial charge in [0, 0.05) is 0 Å². The first-order valence-corrected chi connectivity index (χ1v) is 6.67. The van der Waals surface area contributed by atoms with Crippen LogP contribution in [0.2, 0.25) is 0 Å². The van der Waals surface area contributed by atoms with Crippen LogP contribution in [0.4, 0.5) is 5.00 Å². The van der Waals surface area contributed by atoms with Gasteiger partial charge in [-0.2, -0.15) is 0 Å². The van der Waals surface area contributed by atoms with E-state index in [1.165, 1.54) is 11.3 Å². The van der Waals surface area contributed by atoms with E-state index in [-0.39, 0.29) is 0 Å². The third-order valence-electron chi connectivity index (χ3n) is 2.50. The third kappa shape index (κ3) is 1.75. The van der Waals surface area contributed by atoms with Crippen molar-refractivity contribution in [1.29, 1.82) is 0 Å². The predicted octanol–water partition coefficient (Wildman–Crippen LogP) is 4.21. The number of hydrogen-bond donors (Lipinski definition) is 1. The van der Waals surface area contributed by atoms with E-state index in [0.29, 0.717) is 5.89 Å². The Hall–Kier alpha value is -1.33. The first-order valence-electron chi connectivity index (χ1n) is 5.06. The van der Waals surface area contributed by atoms with Crippen molar-refractivity contribution in [1.82, 2.24) is 4.98 Å². The maximum absolute atomic E-state index is 5.78. The Kier molecular flexibility index (Phi) is 2.45. The number of thiophene rings is 1. The van der Waals surface area contributed by atoms with Crippen molar-refractivity contribution in [2.75, 3.05) is 5.73 Å². The minimum absolute atomic E-state index is 0.631. The lowest BCUT2D eigenvalue weighted by Gasteiger charge is -1.90. The standard InChI is InChI=1S/C12H9BrN2OS/c1-6-5-9(14)17-11(6)12-15-8-4-2-3-7(13)10(8)16-12/h2-5H,14H2,1H3. The van der Waals surface area contributed by atoms with Crippen LogP contribution in [-0.2, 0) is 0 Å². The fourth-order valence-corrected chi connectivity index (χ4v) is 3.03. The number of nitrogen functional groups attached to an aromatic ring is 1. The number of anilines is 1. The Labute approximate surface area is 110 Å². The number of halogens is 1. The molecule has 0 unspecified atom stereocenters. The fraction of sp³-hybridized carbons (Fsp3) is 0.0833. The van der Waals surface area contributed by atoms with Gasteiger partial charge in [0.25, 0.3) is 0 Å². The van der Waals surface area contributed by atoms with Crippen LogP contribution in [0.1, 0.15) is 5.56 Å². The van der Waals surface area contributed by atoms with E-state index in [1.54, 1.807) is 0 Å². The molecule has 0 aliphatic heterocycles. The second-order valence-electron chi connectivity index (χ2n) is 3.77. The molecule has 3 rings (SSSR count). The molecule has 17 heavy (non-hydrogen) atoms. The highest BCUT2D eigenvalue weighted by Crippen LogP contribution is 2.36. The summed E-state index contributed by atoms with van der Waals surface area (Å²) in [7, 11) is 0. The summed E-state index contributed by atoms with van der Waals surface area (Å²) < 4.78 is 6.69. The van der Waals surface area contributed by atoms with Crippen molar-refractivity contribution < 1.29 is 4.42 Å². The monoisotopic (exact) mass is 308 g/mol. The smallest absolute Gasteiger partial charge is 0.237 e. The van der Waals surface area contributed by atoms with Crippen molar-refractivity contribution >= 4 is 43.4 Å². The molecule has 2 heterocycles. The summed E-state index contributed by atoms with van der Waals surface area (Å²) in [5.74, 6) is 0.631. The zero-order valence-electron chi connectivity index (χ0n) is 9.03. The molecule has 0 atom stereocenters. The number of benzene rings is 1. The van der Waals surface area contributed by atoms with Gasteiger partial charge in [-0.15, -0.1) is 11.3 Å². The van der Waals surface area contributed by atoms with Gasteiger partial charge >= 0.3 is 0 Å². The van der Waals surface area contributed by atoms with E-state index >= 15 is 0 Å². The number of hydrogen-bond acceptors (Lipinski definition) is 4. The molecule has 2 aromatic heterocycles. The average Bonchev–Trinajstić information content (AvgIpc) is 2.82. The summed E-state index contributed by atoms with van der Waals surface area (Å²) >= 11 is 4.95. The van der Waals surface area contributed by atoms with Crippen LogP contribution in [-0.4, -0.2) is 4.98 Å². The molecule has 0 saturated heterocycles. The van der Waals surface area contributed by atoms with Crippen molar-refractivity contribution in [2.45, 2.75) is 6.92 Å². The highest BCUT2D eigenvalue weighted by Gasteiger charge is 2.14. The van der Waals surface area contributed by atoms with Gasteiger partial charge in [-0.25, -0.2) is 4.98 Å². The molecule has 0 fully saturated rings. The summed E-state index contributed by atoms with van der Waals surface area (Å²) in [6.45, 7) is 2.01. The summed E-state index contributed by atoms with van der Waals surface area (Å²) in [4.78, 5) is 5.47. The summed E-state index contributed by atoms with van der Waals surface area (Å²) in [5, 5.41) is 0.777. The molecule has 0 amide bonds. The molecule has 0 saturated carbocycles. The van der Waals surface area contributed by atoms with E-state index in [1.807, 2.05) is 31.2 Å². The van der Waals surface area contributed by atoms with Crippen molar-refractivity contribution in [3.63, 3.8) is 0 Å². The molecule has 0 aliphatic rings. The van der Waals surface area contributed by atoms with Gasteiger partial charge in [0.15, 0.2) is 5.58 Å². The molecule has 0 radical (unpaired) electrons. The summed E-state index contributed by atoms with van der Waals surface area (Å²) in [6, 6.07) is 7.74. The van der Waals surface area contributed by atoms with Gasteiger partial charge in [-0.3, -0.25) is 0 Å². The zero-order valence-corrected chi connectivity index (χ0v) is 11.4. The third-order valence-corrected chi connectivity index (χ3v) is 4.18. The van der Waals surface area contributed by atoms with Crippen LogP contribution >= 0.6 is 27.3 Å². The molecule has 3 aromatic rings. The van der Waals surface area contributed by atoms with Crippen LogP contribution in [0, 0.1) is 6.92 Å². The Morgan fingerprint density at radius 2 is 2.24 bits per heavy atom. The maximum atomic E-state index is 5.78. The Bertz CT molecular complexity index is 702. The Balaban J connectivity index is 2.25. The Morgan fingerprint density at radius 1 is 1.41 bits per heavy atom. The topological polar surface area (TPSA) is 52.0 Å². The molecular weight excluding hydrogens is 300 g/mol. The second-order valence-corrected chi connectivity index (χ2v) is 5.71. The minimum atomic E-state index is 0.631. The molecule has 1 aromatic carbocycles. The number of nitrogens with zero attached hydrogens (tertiary/aromatic N) is 1. The molecule has 86 valence electrons. The van der Waals surface area contributed by atoms with Crippen LogP contribution in [0.3, 0.4) is 0 Å². The van der Waals surface area contributed by atoms with Crippen molar-refractivity contribution in [3.8, 4) is 10.8 Å². The second kappa shape index (κ2) is 3.85. The van der Waals surface area contributed by atoms with Gasteiger partial charge in [0.1, 0.15) is 5.52 Å². The molecule has 2 N–H and O–H groups in total. The first kappa shape index (κ1) is 10.8. The minimum Gasteiger partial charge on any atom is -0.434 e. The molecule has 0 bridgehead atoms. The van der Waals surface area contributed by atoms with Crippen LogP contribution in [0.25, 0.3) is 21.9 Å². The number of oxazole rings is 1. The van der Waals surface area contributed by atoms with Gasteiger partial charge in [-0.05, 0) is 46.6 Å². The van der Waals surface area contributed by atoms with Crippen molar-refractivity contribution in [2.24, 2.45) is 0 Å². The van der Waals surface area contributed by atoms with E-state index in [2.05, 4.69) is 20.9 Å². The fourth-order valence-electron chi connectivity index (χ4n) is 1.73. The van der Waals surface area contributed by atoms with Gasteiger partial charge in [0.05, 0.1) is 14.4 Å². The normalized spacial score (nSPS) is 11.2. The molecular formula is C12H9BrN2OS. The lowest BCUT2D eigenvalue weighted by molar-refractivity contribution is 0.619. The number of aromatic nitrogens is 1. The SMILES string of the molecule is Cc1cc(N)sc1-c1nc2cccc(Br)c2o1. The largest absolute Gasteiger partial charge is 0.434 e. The molecule has 0 aliphatic carbocycles. The van der Waals surface area contributed by atoms with Gasteiger partial charge < -0.3 is 10.2 Å². The van der Waals surface area contributed by atoms with Crippen LogP contribution < -0.4 is 5.73 Å². The quantitative estimate of drug-likeness (QED) is 0.732. The zero-order chi connectivity index (χ0) is 12.0. The molecule has 5 heteroatoms. The summed E-state index contributed by atoms with van der Waals surface area (Å²) in [5.41, 5.74) is 8.49. The highest BCUT2D eigenvalue weighted by molar-refractivity contribution is 9.10. The Morgan fingerprint density at radius 3 is 2.88 bits per heavy atom. The van der Waals surface area contributed by atoms with E-state index in [0.717, 1.165) is 31.0 Å². The van der Waals surface area contributed by atoms with E-state index in [9.17, 15) is 0 Å². The molecule has 0 spiro atoms. The number of nitrogens with two attached hydrogens (primary N) is 1. The van der Waals surface area contributed by atoms with E-state index in [4.69, 9.17) is 10.2 Å². The van der Waals surface area contributed by atoms with E-state index < -0.39 is 0 Å². The number of rotatable bonds is 1. The maximum Gasteiger partial charge on any atom is 0.237 e. The summed E-state index contributed by atoms with van der Waals surface area (Å²) in [6.07, 6.45) is 0. The number of aryl methyl sites for hydroxylation is 1. The lowest BCUT2D eigenvalue weighted by Crippen LogP contribution is -1.73. The lowest BCUT2D eigenvalue weighted by atomic mass is 10.3. The number of para-hydroxylation sites is 1. The van der Waals surface area contributed by atoms with Crippen molar-refractivity contribution in [3.05, 3.63) is 34.3 Å². The van der Waals surface area contributed by atoms with Crippen LogP contribution in [0.15, 0.2) is 33.2 Å². The number of fused-ring (bicyclic) bond motifs is 1.